The van der Waals surface area contributed by atoms with E-state index in [1.54, 1.807) is 42.5 Å². The smallest absolute Gasteiger partial charge is 0.337 e. The molecule has 0 heterocycles. The summed E-state index contributed by atoms with van der Waals surface area (Å²) in [6.07, 6.45) is 0.0715. The largest absolute Gasteiger partial charge is 0.465 e. The Hall–Kier alpha value is -3.66. The average Bonchev–Trinajstić information content (AvgIpc) is 2.68. The number of nitrogens with zero attached hydrogens (tertiary/aromatic N) is 2. The van der Waals surface area contributed by atoms with E-state index in [1.165, 1.54) is 25.0 Å². The minimum absolute atomic E-state index is 0.0715. The molecular formula is C20H19N3O4. The Morgan fingerprint density at radius 1 is 1.15 bits per heavy atom. The molecule has 0 aliphatic carbocycles. The van der Waals surface area contributed by atoms with E-state index in [9.17, 15) is 14.4 Å². The molecule has 7 heteroatoms. The Morgan fingerprint density at radius 3 is 2.44 bits per heavy atom. The zero-order valence-electron chi connectivity index (χ0n) is 15.1. The molecular weight excluding hydrogens is 346 g/mol. The van der Waals surface area contributed by atoms with Crippen LogP contribution in [0.4, 0.5) is 11.4 Å². The molecule has 2 aromatic rings. The van der Waals surface area contributed by atoms with Gasteiger partial charge in [-0.1, -0.05) is 6.07 Å². The molecule has 0 saturated heterocycles. The minimum atomic E-state index is -0.491. The van der Waals surface area contributed by atoms with Crippen LogP contribution in [0.5, 0.6) is 0 Å². The van der Waals surface area contributed by atoms with Crippen molar-refractivity contribution in [1.29, 1.82) is 5.26 Å². The SMILES string of the molecule is COC(=O)c1cccc(NC(=O)CCN(C(C)=O)c2ccc(C#N)cc2)c1. The molecule has 1 N–H and O–H groups in total. The van der Waals surface area contributed by atoms with E-state index >= 15 is 0 Å². The Balaban J connectivity index is 2.01. The first kappa shape index (κ1) is 19.7. The van der Waals surface area contributed by atoms with Gasteiger partial charge in [0.25, 0.3) is 0 Å². The van der Waals surface area contributed by atoms with Crippen LogP contribution in [0.25, 0.3) is 0 Å². The van der Waals surface area contributed by atoms with E-state index in [0.29, 0.717) is 22.5 Å². The number of carbonyl (C=O) groups is 3. The van der Waals surface area contributed by atoms with E-state index in [0.717, 1.165) is 0 Å². The standard InChI is InChI=1S/C20H19N3O4/c1-14(24)23(18-8-6-15(13-21)7-9-18)11-10-19(25)22-17-5-3-4-16(12-17)20(26)27-2/h3-9,12H,10-11H2,1-2H3,(H,22,25). The molecule has 0 saturated carbocycles. The highest BCUT2D eigenvalue weighted by molar-refractivity contribution is 5.96. The van der Waals surface area contributed by atoms with Crippen molar-refractivity contribution in [3.63, 3.8) is 0 Å². The maximum atomic E-state index is 12.2. The third kappa shape index (κ3) is 5.41. The first-order valence-electron chi connectivity index (χ1n) is 8.21. The molecule has 0 aromatic heterocycles. The summed E-state index contributed by atoms with van der Waals surface area (Å²) in [7, 11) is 1.28. The van der Waals surface area contributed by atoms with Gasteiger partial charge in [-0.25, -0.2) is 4.79 Å². The summed E-state index contributed by atoms with van der Waals surface area (Å²) < 4.78 is 4.65. The van der Waals surface area contributed by atoms with Gasteiger partial charge in [-0.3, -0.25) is 9.59 Å². The number of ether oxygens (including phenoxy) is 1. The number of anilines is 2. The Labute approximate surface area is 157 Å². The van der Waals surface area contributed by atoms with E-state index in [2.05, 4.69) is 10.1 Å². The lowest BCUT2D eigenvalue weighted by molar-refractivity contribution is -0.117. The van der Waals surface area contributed by atoms with Gasteiger partial charge in [0.05, 0.1) is 24.3 Å². The lowest BCUT2D eigenvalue weighted by atomic mass is 10.2. The number of amides is 2. The highest BCUT2D eigenvalue weighted by Gasteiger charge is 2.14. The van der Waals surface area contributed by atoms with Crippen LogP contribution in [0.3, 0.4) is 0 Å². The van der Waals surface area contributed by atoms with Crippen LogP contribution in [-0.2, 0) is 14.3 Å². The highest BCUT2D eigenvalue weighted by Crippen LogP contribution is 2.17. The summed E-state index contributed by atoms with van der Waals surface area (Å²) in [5.74, 6) is -0.994. The zero-order chi connectivity index (χ0) is 19.8. The van der Waals surface area contributed by atoms with Crippen molar-refractivity contribution in [3.05, 3.63) is 59.7 Å². The third-order valence-electron chi connectivity index (χ3n) is 3.82. The number of carbonyl (C=O) groups excluding carboxylic acids is 3. The topological polar surface area (TPSA) is 99.5 Å². The predicted molar refractivity (Wildman–Crippen MR) is 100 cm³/mol. The molecule has 7 nitrogen and oxygen atoms in total. The van der Waals surface area contributed by atoms with Crippen LogP contribution in [0.2, 0.25) is 0 Å². The van der Waals surface area contributed by atoms with Crippen molar-refractivity contribution in [2.24, 2.45) is 0 Å². The van der Waals surface area contributed by atoms with Gasteiger partial charge < -0.3 is 15.0 Å². The fraction of sp³-hybridized carbons (Fsp3) is 0.200. The molecule has 2 rings (SSSR count). The number of benzene rings is 2. The summed E-state index contributed by atoms with van der Waals surface area (Å²) >= 11 is 0. The molecule has 27 heavy (non-hydrogen) atoms. The fourth-order valence-corrected chi connectivity index (χ4v) is 2.46. The van der Waals surface area contributed by atoms with Crippen molar-refractivity contribution in [2.75, 3.05) is 23.9 Å². The zero-order valence-corrected chi connectivity index (χ0v) is 15.1. The van der Waals surface area contributed by atoms with E-state index in [-0.39, 0.29) is 24.8 Å². The Bertz CT molecular complexity index is 885. The molecule has 0 atom stereocenters. The molecule has 0 aliphatic heterocycles. The summed E-state index contributed by atoms with van der Waals surface area (Å²) in [6, 6.07) is 15.0. The van der Waals surface area contributed by atoms with E-state index in [1.807, 2.05) is 6.07 Å². The summed E-state index contributed by atoms with van der Waals surface area (Å²) in [5, 5.41) is 11.5. The second-order valence-electron chi connectivity index (χ2n) is 5.70. The van der Waals surface area contributed by atoms with Gasteiger partial charge in [-0.2, -0.15) is 5.26 Å². The van der Waals surface area contributed by atoms with Crippen molar-refractivity contribution in [1.82, 2.24) is 0 Å². The van der Waals surface area contributed by atoms with Gasteiger partial charge >= 0.3 is 5.97 Å². The lowest BCUT2D eigenvalue weighted by Gasteiger charge is -2.21. The van der Waals surface area contributed by atoms with Gasteiger partial charge in [0.15, 0.2) is 0 Å². The Morgan fingerprint density at radius 2 is 1.85 bits per heavy atom. The summed E-state index contributed by atoms with van der Waals surface area (Å²) in [6.45, 7) is 1.60. The molecule has 0 aliphatic rings. The first-order chi connectivity index (χ1) is 12.9. The van der Waals surface area contributed by atoms with Crippen LogP contribution in [-0.4, -0.2) is 31.4 Å². The molecule has 0 radical (unpaired) electrons. The minimum Gasteiger partial charge on any atom is -0.465 e. The number of nitrogens with one attached hydrogen (secondary N) is 1. The predicted octanol–water partition coefficient (Wildman–Crippen LogP) is 2.73. The molecule has 2 aromatic carbocycles. The van der Waals surface area contributed by atoms with Crippen LogP contribution >= 0.6 is 0 Å². The second kappa shape index (κ2) is 9.15. The van der Waals surface area contributed by atoms with Crippen molar-refractivity contribution >= 4 is 29.2 Å². The quantitative estimate of drug-likeness (QED) is 0.794. The molecule has 0 fully saturated rings. The number of nitriles is 1. The lowest BCUT2D eigenvalue weighted by Crippen LogP contribution is -2.31. The van der Waals surface area contributed by atoms with E-state index in [4.69, 9.17) is 5.26 Å². The Kier molecular flexibility index (Phi) is 6.67. The van der Waals surface area contributed by atoms with Crippen LogP contribution in [0.15, 0.2) is 48.5 Å². The third-order valence-corrected chi connectivity index (χ3v) is 3.82. The fourth-order valence-electron chi connectivity index (χ4n) is 2.46. The number of hydrogen-bond donors (Lipinski definition) is 1. The normalized spacial score (nSPS) is 9.81. The first-order valence-corrected chi connectivity index (χ1v) is 8.21. The molecule has 0 bridgehead atoms. The van der Waals surface area contributed by atoms with Gasteiger partial charge in [-0.15, -0.1) is 0 Å². The number of rotatable bonds is 6. The molecule has 0 spiro atoms. The van der Waals surface area contributed by atoms with Gasteiger partial charge in [0, 0.05) is 31.3 Å². The van der Waals surface area contributed by atoms with Gasteiger partial charge in [0.1, 0.15) is 0 Å². The monoisotopic (exact) mass is 365 g/mol. The van der Waals surface area contributed by atoms with Crippen LogP contribution < -0.4 is 10.2 Å². The highest BCUT2D eigenvalue weighted by atomic mass is 16.5. The van der Waals surface area contributed by atoms with Crippen LogP contribution in [0, 0.1) is 11.3 Å². The van der Waals surface area contributed by atoms with Crippen molar-refractivity contribution in [2.45, 2.75) is 13.3 Å². The van der Waals surface area contributed by atoms with Crippen molar-refractivity contribution < 1.29 is 19.1 Å². The van der Waals surface area contributed by atoms with Crippen LogP contribution in [0.1, 0.15) is 29.3 Å². The van der Waals surface area contributed by atoms with Crippen molar-refractivity contribution in [3.8, 4) is 6.07 Å². The maximum absolute atomic E-state index is 12.2. The summed E-state index contributed by atoms with van der Waals surface area (Å²) in [5.41, 5.74) is 1.90. The maximum Gasteiger partial charge on any atom is 0.337 e. The average molecular weight is 365 g/mol. The van der Waals surface area contributed by atoms with Gasteiger partial charge in [0.2, 0.25) is 11.8 Å². The van der Waals surface area contributed by atoms with E-state index < -0.39 is 5.97 Å². The molecule has 0 unspecified atom stereocenters. The summed E-state index contributed by atoms with van der Waals surface area (Å²) in [4.78, 5) is 37.1. The second-order valence-corrected chi connectivity index (χ2v) is 5.70. The number of methoxy groups -OCH3 is 1. The molecule has 138 valence electrons. The number of esters is 1. The molecule has 2 amide bonds. The number of hydrogen-bond acceptors (Lipinski definition) is 5. The van der Waals surface area contributed by atoms with Gasteiger partial charge in [-0.05, 0) is 42.5 Å².